The van der Waals surface area contributed by atoms with Crippen LogP contribution in [0.25, 0.3) is 12.2 Å². The van der Waals surface area contributed by atoms with Crippen molar-refractivity contribution in [3.8, 4) is 11.5 Å². The number of hydrogen-bond acceptors (Lipinski definition) is 2. The number of phenolic OH excluding ortho intramolecular Hbond substituents is 1. The lowest BCUT2D eigenvalue weighted by atomic mass is 10.2. The smallest absolute Gasteiger partial charge is 0.161 e. The molecule has 2 nitrogen and oxygen atoms in total. The van der Waals surface area contributed by atoms with Crippen LogP contribution < -0.4 is 4.74 Å². The summed E-state index contributed by atoms with van der Waals surface area (Å²) in [5.74, 6) is 0.626. The minimum absolute atomic E-state index is 0.149. The van der Waals surface area contributed by atoms with E-state index in [0.29, 0.717) is 5.75 Å². The van der Waals surface area contributed by atoms with Crippen LogP contribution in [0.15, 0.2) is 72.8 Å². The van der Waals surface area contributed by atoms with E-state index < -0.39 is 0 Å². The van der Waals surface area contributed by atoms with Gasteiger partial charge >= 0.3 is 0 Å². The van der Waals surface area contributed by atoms with Gasteiger partial charge in [0, 0.05) is 0 Å². The average molecular weight is 278 g/mol. The molecule has 0 saturated heterocycles. The lowest BCUT2D eigenvalue weighted by Crippen LogP contribution is -1.83. The number of allylic oxidation sites excluding steroid dienone is 4. The minimum Gasteiger partial charge on any atom is -0.504 e. The Morgan fingerprint density at radius 1 is 0.810 bits per heavy atom. The predicted octanol–water partition coefficient (Wildman–Crippen LogP) is 4.68. The molecule has 2 rings (SSSR count). The molecule has 0 spiro atoms. The molecule has 0 aliphatic carbocycles. The Morgan fingerprint density at radius 3 is 2.14 bits per heavy atom. The van der Waals surface area contributed by atoms with Gasteiger partial charge in [0.15, 0.2) is 11.5 Å². The second-order valence-electron chi connectivity index (χ2n) is 4.45. The normalized spacial score (nSPS) is 11.7. The molecule has 0 unspecified atom stereocenters. The van der Waals surface area contributed by atoms with Crippen molar-refractivity contribution in [2.24, 2.45) is 0 Å². The summed E-state index contributed by atoms with van der Waals surface area (Å²) in [5.41, 5.74) is 2.15. The molecule has 0 atom stereocenters. The molecule has 0 aromatic heterocycles. The molecule has 106 valence electrons. The van der Waals surface area contributed by atoms with E-state index in [1.165, 1.54) is 12.7 Å². The van der Waals surface area contributed by atoms with Crippen molar-refractivity contribution in [2.45, 2.75) is 0 Å². The Labute approximate surface area is 125 Å². The van der Waals surface area contributed by atoms with Crippen LogP contribution in [0.1, 0.15) is 11.1 Å². The first-order valence-corrected chi connectivity index (χ1v) is 6.73. The fourth-order valence-electron chi connectivity index (χ4n) is 1.82. The number of rotatable bonds is 5. The Hall–Kier alpha value is -2.74. The first kappa shape index (κ1) is 14.7. The van der Waals surface area contributed by atoms with Crippen molar-refractivity contribution >= 4 is 12.2 Å². The summed E-state index contributed by atoms with van der Waals surface area (Å²) in [4.78, 5) is 0. The Morgan fingerprint density at radius 2 is 1.48 bits per heavy atom. The van der Waals surface area contributed by atoms with Crippen molar-refractivity contribution in [3.63, 3.8) is 0 Å². The second kappa shape index (κ2) is 7.75. The zero-order valence-corrected chi connectivity index (χ0v) is 11.9. The maximum Gasteiger partial charge on any atom is 0.161 e. The fraction of sp³-hybridized carbons (Fsp3) is 0.0526. The van der Waals surface area contributed by atoms with Gasteiger partial charge in [0.05, 0.1) is 7.11 Å². The van der Waals surface area contributed by atoms with E-state index in [1.54, 1.807) is 12.1 Å². The molecule has 2 aromatic rings. The third-order valence-electron chi connectivity index (χ3n) is 2.91. The van der Waals surface area contributed by atoms with Gasteiger partial charge in [0.1, 0.15) is 0 Å². The van der Waals surface area contributed by atoms with Crippen LogP contribution in [0.3, 0.4) is 0 Å². The Bertz CT molecular complexity index is 653. The molecule has 0 aliphatic rings. The maximum atomic E-state index is 9.51. The maximum absolute atomic E-state index is 9.51. The monoisotopic (exact) mass is 278 g/mol. The topological polar surface area (TPSA) is 29.5 Å². The van der Waals surface area contributed by atoms with Crippen molar-refractivity contribution in [1.29, 1.82) is 0 Å². The minimum atomic E-state index is 0.149. The van der Waals surface area contributed by atoms with Gasteiger partial charge in [0.2, 0.25) is 0 Å². The van der Waals surface area contributed by atoms with Crippen molar-refractivity contribution in [3.05, 3.63) is 84.0 Å². The highest BCUT2D eigenvalue weighted by atomic mass is 16.5. The summed E-state index contributed by atoms with van der Waals surface area (Å²) in [6.07, 6.45) is 11.9. The molecule has 0 aliphatic heterocycles. The lowest BCUT2D eigenvalue weighted by Gasteiger charge is -2.03. The van der Waals surface area contributed by atoms with Crippen LogP contribution in [0.2, 0.25) is 0 Å². The third-order valence-corrected chi connectivity index (χ3v) is 2.91. The number of hydrogen-bond donors (Lipinski definition) is 1. The molecule has 2 heteroatoms. The van der Waals surface area contributed by atoms with Gasteiger partial charge in [-0.15, -0.1) is 0 Å². The SMILES string of the molecule is COc1cc(C=CC=CC=Cc2ccccc2)ccc1O. The molecular formula is C19H18O2. The number of aromatic hydroxyl groups is 1. The van der Waals surface area contributed by atoms with Gasteiger partial charge in [0.25, 0.3) is 0 Å². The highest BCUT2D eigenvalue weighted by molar-refractivity contribution is 5.57. The zero-order chi connectivity index (χ0) is 14.9. The van der Waals surface area contributed by atoms with Crippen LogP contribution in [-0.2, 0) is 0 Å². The molecule has 0 radical (unpaired) electrons. The number of benzene rings is 2. The molecule has 0 heterocycles. The third kappa shape index (κ3) is 4.69. The first-order chi connectivity index (χ1) is 10.3. The molecule has 0 fully saturated rings. The van der Waals surface area contributed by atoms with E-state index in [1.807, 2.05) is 60.7 Å². The first-order valence-electron chi connectivity index (χ1n) is 6.73. The Balaban J connectivity index is 1.93. The summed E-state index contributed by atoms with van der Waals surface area (Å²) < 4.78 is 5.07. The van der Waals surface area contributed by atoms with Gasteiger partial charge in [-0.2, -0.15) is 0 Å². The Kier molecular flexibility index (Phi) is 5.41. The quantitative estimate of drug-likeness (QED) is 0.804. The molecule has 0 saturated carbocycles. The number of ether oxygens (including phenoxy) is 1. The van der Waals surface area contributed by atoms with Crippen molar-refractivity contribution in [2.75, 3.05) is 7.11 Å². The van der Waals surface area contributed by atoms with E-state index in [4.69, 9.17) is 4.74 Å². The van der Waals surface area contributed by atoms with Crippen LogP contribution in [0.4, 0.5) is 0 Å². The van der Waals surface area contributed by atoms with E-state index >= 15 is 0 Å². The van der Waals surface area contributed by atoms with Gasteiger partial charge in [-0.25, -0.2) is 0 Å². The lowest BCUT2D eigenvalue weighted by molar-refractivity contribution is 0.373. The largest absolute Gasteiger partial charge is 0.504 e. The van der Waals surface area contributed by atoms with Gasteiger partial charge < -0.3 is 9.84 Å². The van der Waals surface area contributed by atoms with Crippen LogP contribution in [-0.4, -0.2) is 12.2 Å². The van der Waals surface area contributed by atoms with Crippen LogP contribution in [0.5, 0.6) is 11.5 Å². The van der Waals surface area contributed by atoms with E-state index in [2.05, 4.69) is 12.1 Å². The van der Waals surface area contributed by atoms with Gasteiger partial charge in [-0.3, -0.25) is 0 Å². The second-order valence-corrected chi connectivity index (χ2v) is 4.45. The fourth-order valence-corrected chi connectivity index (χ4v) is 1.82. The van der Waals surface area contributed by atoms with Gasteiger partial charge in [-0.1, -0.05) is 72.9 Å². The summed E-state index contributed by atoms with van der Waals surface area (Å²) in [5, 5.41) is 9.51. The van der Waals surface area contributed by atoms with E-state index in [9.17, 15) is 5.11 Å². The zero-order valence-electron chi connectivity index (χ0n) is 11.9. The van der Waals surface area contributed by atoms with E-state index in [-0.39, 0.29) is 5.75 Å². The van der Waals surface area contributed by atoms with Crippen molar-refractivity contribution in [1.82, 2.24) is 0 Å². The summed E-state index contributed by atoms with van der Waals surface area (Å²) >= 11 is 0. The standard InChI is InChI=1S/C19H18O2/c1-21-19-15-17(13-14-18(19)20)12-6-3-2-5-9-16-10-7-4-8-11-16/h2-15,20H,1H3. The number of phenols is 1. The molecule has 0 bridgehead atoms. The molecule has 0 amide bonds. The van der Waals surface area contributed by atoms with E-state index in [0.717, 1.165) is 5.56 Å². The highest BCUT2D eigenvalue weighted by Gasteiger charge is 1.99. The average Bonchev–Trinajstić information content (AvgIpc) is 2.53. The molecular weight excluding hydrogens is 260 g/mol. The number of methoxy groups -OCH3 is 1. The molecule has 2 aromatic carbocycles. The van der Waals surface area contributed by atoms with Gasteiger partial charge in [-0.05, 0) is 23.3 Å². The highest BCUT2D eigenvalue weighted by Crippen LogP contribution is 2.26. The summed E-state index contributed by atoms with van der Waals surface area (Å²) in [6.45, 7) is 0. The summed E-state index contributed by atoms with van der Waals surface area (Å²) in [7, 11) is 1.54. The molecule has 21 heavy (non-hydrogen) atoms. The predicted molar refractivity (Wildman–Crippen MR) is 88.3 cm³/mol. The summed E-state index contributed by atoms with van der Waals surface area (Å²) in [6, 6.07) is 15.4. The van der Waals surface area contributed by atoms with Crippen LogP contribution in [0, 0.1) is 0 Å². The molecule has 1 N–H and O–H groups in total. The van der Waals surface area contributed by atoms with Crippen molar-refractivity contribution < 1.29 is 9.84 Å². The van der Waals surface area contributed by atoms with Crippen LogP contribution >= 0.6 is 0 Å².